The maximum Gasteiger partial charge on any atom is 0.326 e. The predicted octanol–water partition coefficient (Wildman–Crippen LogP) is 1.95. The van der Waals surface area contributed by atoms with E-state index in [1.165, 1.54) is 12.1 Å². The lowest BCUT2D eigenvalue weighted by Gasteiger charge is -2.15. The Morgan fingerprint density at radius 3 is 2.32 bits per heavy atom. The lowest BCUT2D eigenvalue weighted by molar-refractivity contribution is -0.139. The maximum atomic E-state index is 11.6. The highest BCUT2D eigenvalue weighted by Crippen LogP contribution is 2.29. The topological polar surface area (TPSA) is 98.7 Å². The van der Waals surface area contributed by atoms with Gasteiger partial charge in [-0.1, -0.05) is 29.3 Å². The summed E-state index contributed by atoms with van der Waals surface area (Å²) in [6.07, 6.45) is -0.0982. The minimum Gasteiger partial charge on any atom is -0.480 e. The van der Waals surface area contributed by atoms with Crippen LogP contribution in [-0.2, 0) is 4.79 Å². The van der Waals surface area contributed by atoms with Crippen molar-refractivity contribution in [3.05, 3.63) is 28.2 Å². The fourth-order valence-electron chi connectivity index (χ4n) is 1.31. The highest BCUT2D eigenvalue weighted by Gasteiger charge is 2.20. The zero-order valence-electron chi connectivity index (χ0n) is 9.69. The molecule has 0 bridgehead atoms. The van der Waals surface area contributed by atoms with E-state index in [4.69, 9.17) is 33.4 Å². The number of urea groups is 1. The van der Waals surface area contributed by atoms with Crippen LogP contribution in [0.2, 0.25) is 10.0 Å². The summed E-state index contributed by atoms with van der Waals surface area (Å²) in [5.74, 6) is -1.24. The summed E-state index contributed by atoms with van der Waals surface area (Å²) in [6.45, 7) is -0.357. The Labute approximate surface area is 119 Å². The van der Waals surface area contributed by atoms with Gasteiger partial charge in [-0.05, 0) is 12.1 Å². The molecule has 1 atom stereocenters. The number of para-hydroxylation sites is 1. The number of benzene rings is 1. The predicted molar refractivity (Wildman–Crippen MR) is 71.7 cm³/mol. The van der Waals surface area contributed by atoms with Crippen LogP contribution in [0.3, 0.4) is 0 Å². The molecule has 0 aliphatic carbocycles. The van der Waals surface area contributed by atoms with E-state index >= 15 is 0 Å². The molecule has 0 spiro atoms. The number of aliphatic hydroxyl groups is 1. The average Bonchev–Trinajstić information content (AvgIpc) is 2.33. The van der Waals surface area contributed by atoms with Crippen molar-refractivity contribution in [2.75, 3.05) is 11.9 Å². The molecule has 19 heavy (non-hydrogen) atoms. The molecular formula is C11H12Cl2N2O4. The number of carboxylic acids is 1. The van der Waals surface area contributed by atoms with Crippen LogP contribution < -0.4 is 10.6 Å². The number of hydrogen-bond acceptors (Lipinski definition) is 3. The second kappa shape index (κ2) is 7.18. The molecular weight excluding hydrogens is 295 g/mol. The van der Waals surface area contributed by atoms with E-state index in [2.05, 4.69) is 10.6 Å². The van der Waals surface area contributed by atoms with E-state index in [1.807, 2.05) is 0 Å². The number of carbonyl (C=O) groups excluding carboxylic acids is 1. The molecule has 8 heteroatoms. The number of anilines is 1. The molecule has 0 aromatic heterocycles. The Hall–Kier alpha value is -1.50. The summed E-state index contributed by atoms with van der Waals surface area (Å²) >= 11 is 11.7. The van der Waals surface area contributed by atoms with E-state index < -0.39 is 18.0 Å². The molecule has 0 fully saturated rings. The van der Waals surface area contributed by atoms with E-state index in [1.54, 1.807) is 6.07 Å². The number of amides is 2. The molecule has 0 saturated heterocycles. The van der Waals surface area contributed by atoms with Crippen molar-refractivity contribution in [2.24, 2.45) is 0 Å². The fourth-order valence-corrected chi connectivity index (χ4v) is 1.80. The fraction of sp³-hybridized carbons (Fsp3) is 0.273. The number of aliphatic carboxylic acids is 1. The Kier molecular flexibility index (Phi) is 5.88. The Morgan fingerprint density at radius 1 is 1.26 bits per heavy atom. The third-order valence-corrected chi connectivity index (χ3v) is 2.85. The van der Waals surface area contributed by atoms with E-state index in [0.717, 1.165) is 0 Å². The van der Waals surface area contributed by atoms with Crippen LogP contribution in [0.5, 0.6) is 0 Å². The third kappa shape index (κ3) is 4.59. The SMILES string of the molecule is O=C(Nc1c(Cl)cccc1Cl)N[C@H](CCO)C(=O)O. The van der Waals surface area contributed by atoms with Gasteiger partial charge in [-0.15, -0.1) is 0 Å². The Bertz CT molecular complexity index is 462. The van der Waals surface area contributed by atoms with Crippen LogP contribution in [0.25, 0.3) is 0 Å². The van der Waals surface area contributed by atoms with Crippen molar-refractivity contribution >= 4 is 40.9 Å². The van der Waals surface area contributed by atoms with E-state index in [9.17, 15) is 9.59 Å². The van der Waals surface area contributed by atoms with Gasteiger partial charge in [-0.25, -0.2) is 9.59 Å². The van der Waals surface area contributed by atoms with Crippen LogP contribution in [0.1, 0.15) is 6.42 Å². The molecule has 1 rings (SSSR count). The highest BCUT2D eigenvalue weighted by atomic mass is 35.5. The van der Waals surface area contributed by atoms with Crippen LogP contribution in [-0.4, -0.2) is 34.9 Å². The number of hydrogen-bond donors (Lipinski definition) is 4. The summed E-state index contributed by atoms with van der Waals surface area (Å²) in [4.78, 5) is 22.4. The van der Waals surface area contributed by atoms with Crippen molar-refractivity contribution in [3.63, 3.8) is 0 Å². The molecule has 1 aromatic rings. The van der Waals surface area contributed by atoms with Gasteiger partial charge < -0.3 is 20.8 Å². The zero-order chi connectivity index (χ0) is 14.4. The Balaban J connectivity index is 2.72. The molecule has 0 heterocycles. The molecule has 0 saturated carbocycles. The number of nitrogens with one attached hydrogen (secondary N) is 2. The van der Waals surface area contributed by atoms with Crippen LogP contribution in [0, 0.1) is 0 Å². The average molecular weight is 307 g/mol. The number of aliphatic hydroxyl groups excluding tert-OH is 1. The largest absolute Gasteiger partial charge is 0.480 e. The number of carbonyl (C=O) groups is 2. The molecule has 2 amide bonds. The second-order valence-electron chi connectivity index (χ2n) is 3.60. The van der Waals surface area contributed by atoms with Crippen molar-refractivity contribution in [1.29, 1.82) is 0 Å². The first-order chi connectivity index (χ1) is 8.95. The van der Waals surface area contributed by atoms with Crippen molar-refractivity contribution in [2.45, 2.75) is 12.5 Å². The van der Waals surface area contributed by atoms with Crippen molar-refractivity contribution in [1.82, 2.24) is 5.32 Å². The first kappa shape index (κ1) is 15.6. The van der Waals surface area contributed by atoms with Gasteiger partial charge in [-0.3, -0.25) is 0 Å². The van der Waals surface area contributed by atoms with Gasteiger partial charge in [0.2, 0.25) is 0 Å². The molecule has 0 aliphatic heterocycles. The molecule has 1 aromatic carbocycles. The van der Waals surface area contributed by atoms with Gasteiger partial charge in [0.15, 0.2) is 0 Å². The van der Waals surface area contributed by atoms with Gasteiger partial charge >= 0.3 is 12.0 Å². The van der Waals surface area contributed by atoms with E-state index in [0.29, 0.717) is 0 Å². The van der Waals surface area contributed by atoms with Crippen molar-refractivity contribution < 1.29 is 19.8 Å². The maximum absolute atomic E-state index is 11.6. The number of halogens is 2. The molecule has 0 unspecified atom stereocenters. The summed E-state index contributed by atoms with van der Waals surface area (Å²) in [5.41, 5.74) is 0.191. The molecule has 104 valence electrons. The molecule has 4 N–H and O–H groups in total. The monoisotopic (exact) mass is 306 g/mol. The lowest BCUT2D eigenvalue weighted by atomic mass is 10.2. The molecule has 6 nitrogen and oxygen atoms in total. The Morgan fingerprint density at radius 2 is 1.84 bits per heavy atom. The van der Waals surface area contributed by atoms with Gasteiger partial charge in [0.1, 0.15) is 6.04 Å². The van der Waals surface area contributed by atoms with Crippen LogP contribution in [0.15, 0.2) is 18.2 Å². The minimum absolute atomic E-state index is 0.0982. The first-order valence-electron chi connectivity index (χ1n) is 5.31. The smallest absolute Gasteiger partial charge is 0.326 e. The van der Waals surface area contributed by atoms with Gasteiger partial charge in [0, 0.05) is 13.0 Å². The van der Waals surface area contributed by atoms with Crippen LogP contribution in [0.4, 0.5) is 10.5 Å². The van der Waals surface area contributed by atoms with E-state index in [-0.39, 0.29) is 28.8 Å². The zero-order valence-corrected chi connectivity index (χ0v) is 11.2. The van der Waals surface area contributed by atoms with Crippen LogP contribution >= 0.6 is 23.2 Å². The minimum atomic E-state index is -1.24. The van der Waals surface area contributed by atoms with Gasteiger partial charge in [-0.2, -0.15) is 0 Å². The van der Waals surface area contributed by atoms with Gasteiger partial charge in [0.25, 0.3) is 0 Å². The highest BCUT2D eigenvalue weighted by molar-refractivity contribution is 6.39. The number of carboxylic acid groups (broad SMARTS) is 1. The quantitative estimate of drug-likeness (QED) is 0.668. The first-order valence-corrected chi connectivity index (χ1v) is 6.06. The third-order valence-electron chi connectivity index (χ3n) is 2.22. The molecule has 0 radical (unpaired) electrons. The summed E-state index contributed by atoms with van der Waals surface area (Å²) in [6, 6.07) is 2.72. The normalized spacial score (nSPS) is 11.7. The number of rotatable bonds is 5. The van der Waals surface area contributed by atoms with Crippen molar-refractivity contribution in [3.8, 4) is 0 Å². The summed E-state index contributed by atoms with van der Waals surface area (Å²) < 4.78 is 0. The summed E-state index contributed by atoms with van der Waals surface area (Å²) in [5, 5.41) is 22.5. The second-order valence-corrected chi connectivity index (χ2v) is 4.41. The summed E-state index contributed by atoms with van der Waals surface area (Å²) in [7, 11) is 0. The molecule has 0 aliphatic rings. The lowest BCUT2D eigenvalue weighted by Crippen LogP contribution is -2.43. The standard InChI is InChI=1S/C11H12Cl2N2O4/c12-6-2-1-3-7(13)9(6)15-11(19)14-8(4-5-16)10(17)18/h1-3,8,16H,4-5H2,(H,17,18)(H2,14,15,19)/t8-/m1/s1. The van der Waals surface area contributed by atoms with Gasteiger partial charge in [0.05, 0.1) is 15.7 Å².